The third kappa shape index (κ3) is 3.82. The molecule has 24 heavy (non-hydrogen) atoms. The summed E-state index contributed by atoms with van der Waals surface area (Å²) in [6.45, 7) is 5.66. The van der Waals surface area contributed by atoms with Crippen LogP contribution in [0, 0.1) is 20.8 Å². The average Bonchev–Trinajstić information content (AvgIpc) is 3.11. The van der Waals surface area contributed by atoms with Crippen molar-refractivity contribution in [1.29, 1.82) is 0 Å². The molecule has 0 aliphatic heterocycles. The Hall–Kier alpha value is -2.19. The Morgan fingerprint density at radius 2 is 2.04 bits per heavy atom. The first-order valence-corrected chi connectivity index (χ1v) is 9.09. The maximum Gasteiger partial charge on any atom is 0.258 e. The van der Waals surface area contributed by atoms with Crippen LogP contribution in [0.25, 0.3) is 0 Å². The van der Waals surface area contributed by atoms with Gasteiger partial charge in [0.05, 0.1) is 17.0 Å². The normalized spacial score (nSPS) is 10.8. The van der Waals surface area contributed by atoms with Gasteiger partial charge in [0.2, 0.25) is 5.89 Å². The van der Waals surface area contributed by atoms with Crippen LogP contribution in [0.3, 0.4) is 0 Å². The number of thioether (sulfide) groups is 1. The minimum absolute atomic E-state index is 0.170. The smallest absolute Gasteiger partial charge is 0.258 e. The fourth-order valence-electron chi connectivity index (χ4n) is 2.01. The molecular weight excluding hydrogens is 344 g/mol. The average molecular weight is 360 g/mol. The number of carbonyl (C=O) groups is 1. The van der Waals surface area contributed by atoms with Gasteiger partial charge in [-0.3, -0.25) is 10.1 Å². The summed E-state index contributed by atoms with van der Waals surface area (Å²) in [5, 5.41) is 7.35. The fraction of sp³-hybridized carbons (Fsp3) is 0.250. The van der Waals surface area contributed by atoms with E-state index >= 15 is 0 Å². The monoisotopic (exact) mass is 360 g/mol. The predicted octanol–water partition coefficient (Wildman–Crippen LogP) is 4.00. The lowest BCUT2D eigenvalue weighted by Gasteiger charge is -2.07. The number of hydrogen-bond acceptors (Lipinski definition) is 7. The summed E-state index contributed by atoms with van der Waals surface area (Å²) in [5.74, 6) is 1.51. The lowest BCUT2D eigenvalue weighted by atomic mass is 10.2. The van der Waals surface area contributed by atoms with E-state index < -0.39 is 0 Å². The molecule has 0 radical (unpaired) electrons. The quantitative estimate of drug-likeness (QED) is 0.693. The summed E-state index contributed by atoms with van der Waals surface area (Å²) < 4.78 is 4.96. The van der Waals surface area contributed by atoms with Crippen molar-refractivity contribution in [1.82, 2.24) is 15.1 Å². The van der Waals surface area contributed by atoms with Gasteiger partial charge in [-0.15, -0.1) is 23.1 Å². The van der Waals surface area contributed by atoms with Gasteiger partial charge in [0.15, 0.2) is 11.0 Å². The van der Waals surface area contributed by atoms with Gasteiger partial charge in [0, 0.05) is 16.7 Å². The molecule has 0 saturated carbocycles. The van der Waals surface area contributed by atoms with Crippen LogP contribution in [0.2, 0.25) is 0 Å². The highest BCUT2D eigenvalue weighted by atomic mass is 32.2. The molecular formula is C16H16N4O2S2. The van der Waals surface area contributed by atoms with Crippen molar-refractivity contribution in [2.45, 2.75) is 31.4 Å². The van der Waals surface area contributed by atoms with Gasteiger partial charge in [-0.2, -0.15) is 4.98 Å². The second kappa shape index (κ2) is 7.14. The molecule has 0 unspecified atom stereocenters. The molecule has 8 heteroatoms. The third-order valence-electron chi connectivity index (χ3n) is 3.31. The first kappa shape index (κ1) is 16.7. The standard InChI is InChI=1S/C16H16N4O2S2/c1-9-10(2)24-16(17-9)19-15(21)12-6-4-5-7-13(12)23-8-14-18-11(3)22-20-14/h4-7H,8H2,1-3H3,(H,17,19,21). The molecule has 2 aromatic heterocycles. The lowest BCUT2D eigenvalue weighted by molar-refractivity contribution is 0.102. The summed E-state index contributed by atoms with van der Waals surface area (Å²) in [7, 11) is 0. The number of thiazole rings is 1. The van der Waals surface area contributed by atoms with E-state index in [0.29, 0.717) is 28.2 Å². The molecule has 1 N–H and O–H groups in total. The molecule has 0 atom stereocenters. The van der Waals surface area contributed by atoms with Crippen LogP contribution >= 0.6 is 23.1 Å². The van der Waals surface area contributed by atoms with E-state index in [9.17, 15) is 4.79 Å². The number of rotatable bonds is 5. The van der Waals surface area contributed by atoms with Gasteiger partial charge >= 0.3 is 0 Å². The molecule has 0 bridgehead atoms. The molecule has 3 rings (SSSR count). The fourth-order valence-corrected chi connectivity index (χ4v) is 3.72. The highest BCUT2D eigenvalue weighted by Gasteiger charge is 2.15. The van der Waals surface area contributed by atoms with Crippen molar-refractivity contribution < 1.29 is 9.32 Å². The number of hydrogen-bond donors (Lipinski definition) is 1. The van der Waals surface area contributed by atoms with E-state index in [0.717, 1.165) is 15.5 Å². The van der Waals surface area contributed by atoms with Gasteiger partial charge in [0.25, 0.3) is 5.91 Å². The summed E-state index contributed by atoms with van der Waals surface area (Å²) in [5.41, 5.74) is 1.54. The SMILES string of the molecule is Cc1nc(CSc2ccccc2C(=O)Nc2nc(C)c(C)s2)no1. The Labute approximate surface area is 147 Å². The number of nitrogens with one attached hydrogen (secondary N) is 1. The zero-order valence-electron chi connectivity index (χ0n) is 13.5. The lowest BCUT2D eigenvalue weighted by Crippen LogP contribution is -2.12. The van der Waals surface area contributed by atoms with Gasteiger partial charge < -0.3 is 4.52 Å². The molecule has 0 aliphatic rings. The summed E-state index contributed by atoms with van der Waals surface area (Å²) in [6.07, 6.45) is 0. The topological polar surface area (TPSA) is 80.9 Å². The van der Waals surface area contributed by atoms with Crippen LogP contribution in [-0.2, 0) is 5.75 Å². The Morgan fingerprint density at radius 3 is 2.71 bits per heavy atom. The van der Waals surface area contributed by atoms with Crippen molar-refractivity contribution >= 4 is 34.1 Å². The first-order chi connectivity index (χ1) is 11.5. The predicted molar refractivity (Wildman–Crippen MR) is 94.6 cm³/mol. The zero-order valence-corrected chi connectivity index (χ0v) is 15.1. The highest BCUT2D eigenvalue weighted by Crippen LogP contribution is 2.27. The van der Waals surface area contributed by atoms with E-state index in [2.05, 4.69) is 20.4 Å². The van der Waals surface area contributed by atoms with Crippen LogP contribution < -0.4 is 5.32 Å². The molecule has 3 aromatic rings. The molecule has 124 valence electrons. The Morgan fingerprint density at radius 1 is 1.25 bits per heavy atom. The summed E-state index contributed by atoms with van der Waals surface area (Å²) in [6, 6.07) is 7.45. The van der Waals surface area contributed by atoms with E-state index in [1.807, 2.05) is 32.0 Å². The number of amides is 1. The zero-order chi connectivity index (χ0) is 17.1. The maximum atomic E-state index is 12.6. The van der Waals surface area contributed by atoms with Gasteiger partial charge in [-0.1, -0.05) is 17.3 Å². The van der Waals surface area contributed by atoms with E-state index in [4.69, 9.17) is 4.52 Å². The Bertz CT molecular complexity index is 853. The van der Waals surface area contributed by atoms with Gasteiger partial charge in [-0.25, -0.2) is 4.98 Å². The number of benzene rings is 1. The van der Waals surface area contributed by atoms with E-state index in [1.165, 1.54) is 23.1 Å². The van der Waals surface area contributed by atoms with Gasteiger partial charge in [-0.05, 0) is 26.0 Å². The van der Waals surface area contributed by atoms with E-state index in [1.54, 1.807) is 13.0 Å². The van der Waals surface area contributed by atoms with Crippen molar-refractivity contribution in [3.8, 4) is 0 Å². The third-order valence-corrected chi connectivity index (χ3v) is 5.36. The number of aromatic nitrogens is 3. The van der Waals surface area contributed by atoms with Crippen LogP contribution in [0.4, 0.5) is 5.13 Å². The molecule has 0 spiro atoms. The largest absolute Gasteiger partial charge is 0.340 e. The summed E-state index contributed by atoms with van der Waals surface area (Å²) >= 11 is 2.97. The Balaban J connectivity index is 1.74. The molecule has 0 saturated heterocycles. The number of aryl methyl sites for hydroxylation is 3. The molecule has 0 fully saturated rings. The van der Waals surface area contributed by atoms with Gasteiger partial charge in [0.1, 0.15) is 0 Å². The number of carbonyl (C=O) groups excluding carboxylic acids is 1. The van der Waals surface area contributed by atoms with Crippen LogP contribution in [0.15, 0.2) is 33.7 Å². The maximum absolute atomic E-state index is 12.6. The first-order valence-electron chi connectivity index (χ1n) is 7.29. The van der Waals surface area contributed by atoms with E-state index in [-0.39, 0.29) is 5.91 Å². The minimum Gasteiger partial charge on any atom is -0.340 e. The minimum atomic E-state index is -0.170. The van der Waals surface area contributed by atoms with Crippen LogP contribution in [0.1, 0.15) is 32.6 Å². The highest BCUT2D eigenvalue weighted by molar-refractivity contribution is 7.98. The second-order valence-corrected chi connectivity index (χ2v) is 7.35. The van der Waals surface area contributed by atoms with Crippen molar-refractivity contribution in [3.63, 3.8) is 0 Å². The van der Waals surface area contributed by atoms with Crippen LogP contribution in [0.5, 0.6) is 0 Å². The van der Waals surface area contributed by atoms with Crippen molar-refractivity contribution in [2.75, 3.05) is 5.32 Å². The summed E-state index contributed by atoms with van der Waals surface area (Å²) in [4.78, 5) is 23.0. The molecule has 1 aromatic carbocycles. The molecule has 0 aliphatic carbocycles. The second-order valence-electron chi connectivity index (χ2n) is 5.13. The molecule has 2 heterocycles. The molecule has 6 nitrogen and oxygen atoms in total. The Kier molecular flexibility index (Phi) is 4.96. The molecule has 1 amide bonds. The number of nitrogens with zero attached hydrogens (tertiary/aromatic N) is 3. The number of anilines is 1. The van der Waals surface area contributed by atoms with Crippen molar-refractivity contribution in [2.24, 2.45) is 0 Å². The van der Waals surface area contributed by atoms with Crippen LogP contribution in [-0.4, -0.2) is 21.0 Å². The van der Waals surface area contributed by atoms with Crippen molar-refractivity contribution in [3.05, 3.63) is 52.1 Å².